The van der Waals surface area contributed by atoms with E-state index >= 15 is 0 Å². The number of aromatic nitrogens is 4. The minimum atomic E-state index is 0.393. The maximum Gasteiger partial charge on any atom is 0.151 e. The summed E-state index contributed by atoms with van der Waals surface area (Å²) in [4.78, 5) is 9.23. The molecule has 2 aliphatic rings. The molecule has 0 spiro atoms. The van der Waals surface area contributed by atoms with Crippen LogP contribution in [0, 0.1) is 6.92 Å². The number of pyridine rings is 1. The Morgan fingerprint density at radius 3 is 2.62 bits per heavy atom. The van der Waals surface area contributed by atoms with E-state index in [1.54, 1.807) is 0 Å². The van der Waals surface area contributed by atoms with Gasteiger partial charge in [-0.3, -0.25) is 9.47 Å². The van der Waals surface area contributed by atoms with Gasteiger partial charge in [-0.2, -0.15) is 0 Å². The lowest BCUT2D eigenvalue weighted by atomic mass is 9.95. The van der Waals surface area contributed by atoms with Crippen molar-refractivity contribution in [3.05, 3.63) is 64.3 Å². The van der Waals surface area contributed by atoms with Gasteiger partial charge in [0.1, 0.15) is 11.6 Å². The van der Waals surface area contributed by atoms with E-state index in [0.29, 0.717) is 5.92 Å². The molecule has 29 heavy (non-hydrogen) atoms. The first-order valence-corrected chi connectivity index (χ1v) is 10.6. The highest BCUT2D eigenvalue weighted by molar-refractivity contribution is 6.30. The molecular weight excluding hydrogens is 384 g/mol. The molecule has 6 nitrogen and oxygen atoms in total. The molecule has 0 unspecified atom stereocenters. The van der Waals surface area contributed by atoms with Gasteiger partial charge in [0, 0.05) is 36.8 Å². The van der Waals surface area contributed by atoms with Gasteiger partial charge in [-0.15, -0.1) is 10.2 Å². The third kappa shape index (κ3) is 3.51. The number of anilines is 1. The van der Waals surface area contributed by atoms with Crippen molar-refractivity contribution >= 4 is 17.4 Å². The van der Waals surface area contributed by atoms with Crippen LogP contribution >= 0.6 is 11.6 Å². The number of nitrogens with zero attached hydrogens (tertiary/aromatic N) is 6. The van der Waals surface area contributed by atoms with E-state index in [1.807, 2.05) is 12.3 Å². The molecule has 150 valence electrons. The van der Waals surface area contributed by atoms with Crippen molar-refractivity contribution in [2.75, 3.05) is 25.0 Å². The zero-order valence-corrected chi connectivity index (χ0v) is 17.6. The second-order valence-corrected chi connectivity index (χ2v) is 8.65. The summed E-state index contributed by atoms with van der Waals surface area (Å²) in [5.74, 6) is 3.54. The molecule has 0 N–H and O–H groups in total. The number of rotatable bonds is 2. The molecular formula is C22H25ClN6. The van der Waals surface area contributed by atoms with E-state index in [0.717, 1.165) is 67.2 Å². The van der Waals surface area contributed by atoms with Crippen LogP contribution in [0.5, 0.6) is 0 Å². The van der Waals surface area contributed by atoms with Gasteiger partial charge in [-0.25, -0.2) is 4.98 Å². The Balaban J connectivity index is 1.43. The fraction of sp³-hybridized carbons (Fsp3) is 0.409. The summed E-state index contributed by atoms with van der Waals surface area (Å²) in [5.41, 5.74) is 3.58. The lowest BCUT2D eigenvalue weighted by Crippen LogP contribution is -2.34. The van der Waals surface area contributed by atoms with Crippen LogP contribution in [0.1, 0.15) is 41.5 Å². The number of hydrogen-bond acceptors (Lipinski definition) is 5. The highest BCUT2D eigenvalue weighted by Gasteiger charge is 2.29. The smallest absolute Gasteiger partial charge is 0.151 e. The molecule has 3 aromatic rings. The van der Waals surface area contributed by atoms with Crippen LogP contribution in [-0.4, -0.2) is 44.8 Å². The van der Waals surface area contributed by atoms with Crippen LogP contribution in [0.4, 0.5) is 5.82 Å². The van der Waals surface area contributed by atoms with Crippen molar-refractivity contribution in [3.63, 3.8) is 0 Å². The van der Waals surface area contributed by atoms with Crippen LogP contribution in [-0.2, 0) is 13.1 Å². The molecule has 0 amide bonds. The van der Waals surface area contributed by atoms with E-state index in [9.17, 15) is 0 Å². The van der Waals surface area contributed by atoms with Gasteiger partial charge in [0.25, 0.3) is 0 Å². The van der Waals surface area contributed by atoms with E-state index < -0.39 is 0 Å². The SMILES string of the molecule is Cc1ccc(N2CCC(c3nnc4n3-c3ccc(Cl)cc3CN(C)C4)CC2)nc1. The zero-order chi connectivity index (χ0) is 20.0. The van der Waals surface area contributed by atoms with Crippen LogP contribution < -0.4 is 4.90 Å². The molecule has 4 heterocycles. The quantitative estimate of drug-likeness (QED) is 0.642. The lowest BCUT2D eigenvalue weighted by Gasteiger charge is -2.32. The summed E-state index contributed by atoms with van der Waals surface area (Å²) in [6.07, 6.45) is 4.04. The summed E-state index contributed by atoms with van der Waals surface area (Å²) >= 11 is 6.28. The van der Waals surface area contributed by atoms with Crippen LogP contribution in [0.3, 0.4) is 0 Å². The largest absolute Gasteiger partial charge is 0.357 e. The van der Waals surface area contributed by atoms with Gasteiger partial charge in [-0.1, -0.05) is 17.7 Å². The average Bonchev–Trinajstić information content (AvgIpc) is 3.06. The summed E-state index contributed by atoms with van der Waals surface area (Å²) in [7, 11) is 2.11. The Morgan fingerprint density at radius 1 is 1.03 bits per heavy atom. The molecule has 0 bridgehead atoms. The number of halogens is 1. The molecule has 2 aromatic heterocycles. The highest BCUT2D eigenvalue weighted by atomic mass is 35.5. The molecule has 0 radical (unpaired) electrons. The summed E-state index contributed by atoms with van der Waals surface area (Å²) in [6.45, 7) is 5.68. The molecule has 0 atom stereocenters. The number of fused-ring (bicyclic) bond motifs is 3. The molecule has 1 saturated heterocycles. The Labute approximate surface area is 176 Å². The fourth-order valence-electron chi connectivity index (χ4n) is 4.46. The second-order valence-electron chi connectivity index (χ2n) is 8.21. The van der Waals surface area contributed by atoms with E-state index in [4.69, 9.17) is 11.6 Å². The van der Waals surface area contributed by atoms with Crippen molar-refractivity contribution < 1.29 is 0 Å². The number of benzene rings is 1. The fourth-order valence-corrected chi connectivity index (χ4v) is 4.66. The summed E-state index contributed by atoms with van der Waals surface area (Å²) < 4.78 is 2.28. The van der Waals surface area contributed by atoms with Crippen molar-refractivity contribution in [2.24, 2.45) is 0 Å². The van der Waals surface area contributed by atoms with Crippen LogP contribution in [0.15, 0.2) is 36.5 Å². The third-order valence-electron chi connectivity index (χ3n) is 5.97. The van der Waals surface area contributed by atoms with Crippen LogP contribution in [0.2, 0.25) is 5.02 Å². The Bertz CT molecular complexity index is 1020. The first kappa shape index (κ1) is 18.6. The van der Waals surface area contributed by atoms with Gasteiger partial charge in [0.05, 0.1) is 12.2 Å². The van der Waals surface area contributed by atoms with Crippen molar-refractivity contribution in [3.8, 4) is 5.69 Å². The second kappa shape index (κ2) is 7.43. The van der Waals surface area contributed by atoms with E-state index in [-0.39, 0.29) is 0 Å². The monoisotopic (exact) mass is 408 g/mol. The first-order chi connectivity index (χ1) is 14.1. The Morgan fingerprint density at radius 2 is 1.86 bits per heavy atom. The normalized spacial score (nSPS) is 17.7. The molecule has 1 fully saturated rings. The van der Waals surface area contributed by atoms with Gasteiger partial charge in [0.2, 0.25) is 0 Å². The van der Waals surface area contributed by atoms with E-state index in [2.05, 4.69) is 67.8 Å². The highest BCUT2D eigenvalue weighted by Crippen LogP contribution is 2.34. The maximum atomic E-state index is 6.28. The van der Waals surface area contributed by atoms with Gasteiger partial charge >= 0.3 is 0 Å². The Kier molecular flexibility index (Phi) is 4.76. The summed E-state index contributed by atoms with van der Waals surface area (Å²) in [6, 6.07) is 10.4. The molecule has 5 rings (SSSR count). The minimum absolute atomic E-state index is 0.393. The van der Waals surface area contributed by atoms with Gasteiger partial charge in [-0.05, 0) is 62.2 Å². The molecule has 2 aliphatic heterocycles. The first-order valence-electron chi connectivity index (χ1n) is 10.2. The standard InChI is InChI=1S/C22H25ClN6/c1-15-3-6-20(24-12-15)28-9-7-16(8-10-28)22-26-25-21-14-27(2)13-17-11-18(23)4-5-19(17)29(21)22/h3-6,11-12,16H,7-10,13-14H2,1-2H3. The van der Waals surface area contributed by atoms with Gasteiger partial charge < -0.3 is 4.90 Å². The van der Waals surface area contributed by atoms with Crippen molar-refractivity contribution in [1.29, 1.82) is 0 Å². The average molecular weight is 409 g/mol. The topological polar surface area (TPSA) is 50.1 Å². The van der Waals surface area contributed by atoms with Crippen LogP contribution in [0.25, 0.3) is 5.69 Å². The van der Waals surface area contributed by atoms with Gasteiger partial charge in [0.15, 0.2) is 5.82 Å². The maximum absolute atomic E-state index is 6.28. The summed E-state index contributed by atoms with van der Waals surface area (Å²) in [5, 5.41) is 9.98. The zero-order valence-electron chi connectivity index (χ0n) is 16.8. The number of hydrogen-bond donors (Lipinski definition) is 0. The Hall–Kier alpha value is -2.44. The third-order valence-corrected chi connectivity index (χ3v) is 6.20. The molecule has 0 saturated carbocycles. The number of piperidine rings is 1. The minimum Gasteiger partial charge on any atom is -0.357 e. The van der Waals surface area contributed by atoms with E-state index in [1.165, 1.54) is 11.1 Å². The lowest BCUT2D eigenvalue weighted by molar-refractivity contribution is 0.315. The van der Waals surface area contributed by atoms with Crippen molar-refractivity contribution in [1.82, 2.24) is 24.6 Å². The van der Waals surface area contributed by atoms with Crippen molar-refractivity contribution in [2.45, 2.75) is 38.8 Å². The predicted octanol–water partition coefficient (Wildman–Crippen LogP) is 3.95. The molecule has 7 heteroatoms. The number of aryl methyl sites for hydroxylation is 1. The molecule has 0 aliphatic carbocycles. The molecule has 1 aromatic carbocycles. The predicted molar refractivity (Wildman–Crippen MR) is 115 cm³/mol.